The zero-order chi connectivity index (χ0) is 21.8. The fraction of sp³-hybridized carbons (Fsp3) is 0.136. The molecule has 2 aromatic heterocycles. The van der Waals surface area contributed by atoms with Crippen molar-refractivity contribution in [2.24, 2.45) is 0 Å². The number of non-ortho nitro benzene ring substituents is 1. The van der Waals surface area contributed by atoms with Crippen molar-refractivity contribution >= 4 is 38.3 Å². The largest absolute Gasteiger partial charge is 0.494 e. The molecule has 9 heteroatoms. The summed E-state index contributed by atoms with van der Waals surface area (Å²) in [6.45, 7) is 0.259. The van der Waals surface area contributed by atoms with Crippen LogP contribution in [0.5, 0.6) is 5.75 Å². The highest BCUT2D eigenvalue weighted by atomic mass is 32.1. The number of anilines is 1. The van der Waals surface area contributed by atoms with Crippen LogP contribution in [0.4, 0.5) is 10.8 Å². The van der Waals surface area contributed by atoms with Crippen molar-refractivity contribution in [1.82, 2.24) is 9.97 Å². The minimum atomic E-state index is -0.465. The Morgan fingerprint density at radius 3 is 2.61 bits per heavy atom. The number of thiazole rings is 1. The van der Waals surface area contributed by atoms with Gasteiger partial charge in [0.05, 0.1) is 35.4 Å². The first-order valence-electron chi connectivity index (χ1n) is 9.42. The van der Waals surface area contributed by atoms with Crippen LogP contribution >= 0.6 is 11.3 Å². The lowest BCUT2D eigenvalue weighted by Crippen LogP contribution is -2.32. The maximum Gasteiger partial charge on any atom is 0.269 e. The van der Waals surface area contributed by atoms with Gasteiger partial charge in [-0.2, -0.15) is 0 Å². The number of carbonyl (C=O) groups is 1. The third-order valence-corrected chi connectivity index (χ3v) is 5.71. The second-order valence-electron chi connectivity index (χ2n) is 6.70. The van der Waals surface area contributed by atoms with E-state index in [2.05, 4.69) is 9.97 Å². The summed E-state index contributed by atoms with van der Waals surface area (Å²) in [5, 5.41) is 11.4. The first kappa shape index (κ1) is 20.4. The lowest BCUT2D eigenvalue weighted by Gasteiger charge is -2.19. The van der Waals surface area contributed by atoms with Crippen molar-refractivity contribution in [3.05, 3.63) is 88.2 Å². The summed E-state index contributed by atoms with van der Waals surface area (Å²) in [7, 11) is 1.58. The standard InChI is InChI=1S/C22H18N4O4S/c1-30-18-6-4-7-19-21(18)24-22(31-19)25(14-16-5-2-3-12-23-16)20(27)13-15-8-10-17(11-9-15)26(28)29/h2-12H,13-14H2,1H3. The molecule has 0 unspecified atom stereocenters. The molecule has 0 saturated carbocycles. The Balaban J connectivity index is 1.67. The summed E-state index contributed by atoms with van der Waals surface area (Å²) in [4.78, 5) is 34.3. The van der Waals surface area contributed by atoms with Gasteiger partial charge >= 0.3 is 0 Å². The molecule has 0 spiro atoms. The van der Waals surface area contributed by atoms with Gasteiger partial charge in [0.25, 0.3) is 5.69 Å². The Hall–Kier alpha value is -3.85. The highest BCUT2D eigenvalue weighted by molar-refractivity contribution is 7.22. The molecule has 0 aliphatic rings. The number of rotatable bonds is 7. The summed E-state index contributed by atoms with van der Waals surface area (Å²) in [6.07, 6.45) is 1.76. The Kier molecular flexibility index (Phi) is 5.85. The van der Waals surface area contributed by atoms with Gasteiger partial charge in [-0.1, -0.05) is 35.6 Å². The van der Waals surface area contributed by atoms with Gasteiger partial charge in [-0.25, -0.2) is 4.98 Å². The quantitative estimate of drug-likeness (QED) is 0.316. The van der Waals surface area contributed by atoms with E-state index in [1.54, 1.807) is 30.3 Å². The lowest BCUT2D eigenvalue weighted by molar-refractivity contribution is -0.384. The van der Waals surface area contributed by atoms with Crippen molar-refractivity contribution in [3.63, 3.8) is 0 Å². The molecule has 0 N–H and O–H groups in total. The molecule has 8 nitrogen and oxygen atoms in total. The van der Waals surface area contributed by atoms with E-state index in [0.717, 1.165) is 10.4 Å². The highest BCUT2D eigenvalue weighted by Gasteiger charge is 2.22. The van der Waals surface area contributed by atoms with Crippen LogP contribution in [0.1, 0.15) is 11.3 Å². The molecule has 2 heterocycles. The molecule has 4 rings (SSSR count). The van der Waals surface area contributed by atoms with E-state index in [9.17, 15) is 14.9 Å². The van der Waals surface area contributed by atoms with E-state index < -0.39 is 4.92 Å². The SMILES string of the molecule is COc1cccc2sc(N(Cc3ccccn3)C(=O)Cc3ccc([N+](=O)[O-])cc3)nc12. The van der Waals surface area contributed by atoms with E-state index in [4.69, 9.17) is 4.74 Å². The van der Waals surface area contributed by atoms with Crippen molar-refractivity contribution in [3.8, 4) is 5.75 Å². The number of aromatic nitrogens is 2. The number of benzene rings is 2. The summed E-state index contributed by atoms with van der Waals surface area (Å²) < 4.78 is 6.30. The number of amides is 1. The van der Waals surface area contributed by atoms with Crippen LogP contribution in [0.3, 0.4) is 0 Å². The second-order valence-corrected chi connectivity index (χ2v) is 7.71. The smallest absolute Gasteiger partial charge is 0.269 e. The van der Waals surface area contributed by atoms with Gasteiger partial charge in [0.15, 0.2) is 5.13 Å². The van der Waals surface area contributed by atoms with Gasteiger partial charge in [-0.3, -0.25) is 24.8 Å². The number of fused-ring (bicyclic) bond motifs is 1. The summed E-state index contributed by atoms with van der Waals surface area (Å²) in [5.41, 5.74) is 2.09. The molecule has 0 atom stereocenters. The average molecular weight is 434 g/mol. The Morgan fingerprint density at radius 1 is 1.13 bits per heavy atom. The second kappa shape index (κ2) is 8.88. The molecule has 0 bridgehead atoms. The van der Waals surface area contributed by atoms with E-state index in [1.165, 1.54) is 23.5 Å². The molecule has 0 aliphatic carbocycles. The first-order chi connectivity index (χ1) is 15.0. The van der Waals surface area contributed by atoms with Gasteiger partial charge in [-0.05, 0) is 29.8 Å². The molecule has 1 amide bonds. The average Bonchev–Trinajstić information content (AvgIpc) is 3.22. The predicted octanol–water partition coefficient (Wildman–Crippen LogP) is 4.38. The normalized spacial score (nSPS) is 10.7. The number of ether oxygens (including phenoxy) is 1. The topological polar surface area (TPSA) is 98.5 Å². The number of nitro groups is 1. The van der Waals surface area contributed by atoms with Gasteiger partial charge < -0.3 is 4.74 Å². The molecular formula is C22H18N4O4S. The van der Waals surface area contributed by atoms with Crippen molar-refractivity contribution in [2.75, 3.05) is 12.0 Å². The van der Waals surface area contributed by atoms with Crippen molar-refractivity contribution < 1.29 is 14.5 Å². The first-order valence-corrected chi connectivity index (χ1v) is 10.2. The van der Waals surface area contributed by atoms with E-state index in [1.807, 2.05) is 36.4 Å². The Bertz CT molecular complexity index is 1230. The van der Waals surface area contributed by atoms with Crippen LogP contribution in [-0.4, -0.2) is 27.9 Å². The molecule has 156 valence electrons. The van der Waals surface area contributed by atoms with Gasteiger partial charge in [-0.15, -0.1) is 0 Å². The van der Waals surface area contributed by atoms with Crippen molar-refractivity contribution in [2.45, 2.75) is 13.0 Å². The van der Waals surface area contributed by atoms with Gasteiger partial charge in [0.1, 0.15) is 11.3 Å². The summed E-state index contributed by atoms with van der Waals surface area (Å²) >= 11 is 1.40. The van der Waals surface area contributed by atoms with Crippen LogP contribution in [0.15, 0.2) is 66.9 Å². The Morgan fingerprint density at radius 2 is 1.94 bits per heavy atom. The number of nitrogens with zero attached hydrogens (tertiary/aromatic N) is 4. The number of para-hydroxylation sites is 1. The van der Waals surface area contributed by atoms with Crippen LogP contribution in [-0.2, 0) is 17.8 Å². The van der Waals surface area contributed by atoms with Crippen LogP contribution < -0.4 is 9.64 Å². The summed E-state index contributed by atoms with van der Waals surface area (Å²) in [6, 6.07) is 17.1. The van der Waals surface area contributed by atoms with Gasteiger partial charge in [0.2, 0.25) is 5.91 Å². The third-order valence-electron chi connectivity index (χ3n) is 4.67. The Labute approximate surface area is 181 Å². The van der Waals surface area contributed by atoms with Crippen LogP contribution in [0.2, 0.25) is 0 Å². The number of methoxy groups -OCH3 is 1. The lowest BCUT2D eigenvalue weighted by atomic mass is 10.1. The number of hydrogen-bond donors (Lipinski definition) is 0. The highest BCUT2D eigenvalue weighted by Crippen LogP contribution is 2.34. The van der Waals surface area contributed by atoms with Crippen LogP contribution in [0, 0.1) is 10.1 Å². The number of nitro benzene ring substituents is 1. The number of pyridine rings is 1. The summed E-state index contributed by atoms with van der Waals surface area (Å²) in [5.74, 6) is 0.457. The van der Waals surface area contributed by atoms with Crippen LogP contribution in [0.25, 0.3) is 10.2 Å². The predicted molar refractivity (Wildman–Crippen MR) is 118 cm³/mol. The molecule has 0 saturated heterocycles. The zero-order valence-electron chi connectivity index (χ0n) is 16.6. The number of hydrogen-bond acceptors (Lipinski definition) is 7. The molecule has 0 aliphatic heterocycles. The van der Waals surface area contributed by atoms with E-state index in [-0.39, 0.29) is 24.6 Å². The minimum Gasteiger partial charge on any atom is -0.494 e. The molecule has 0 radical (unpaired) electrons. The van der Waals surface area contributed by atoms with Gasteiger partial charge in [0, 0.05) is 18.3 Å². The zero-order valence-corrected chi connectivity index (χ0v) is 17.4. The fourth-order valence-electron chi connectivity index (χ4n) is 3.11. The molecule has 2 aromatic carbocycles. The number of carbonyl (C=O) groups excluding carboxylic acids is 1. The van der Waals surface area contributed by atoms with E-state index in [0.29, 0.717) is 22.0 Å². The molecule has 31 heavy (non-hydrogen) atoms. The minimum absolute atomic E-state index is 0.0141. The van der Waals surface area contributed by atoms with E-state index >= 15 is 0 Å². The molecular weight excluding hydrogens is 416 g/mol. The molecule has 4 aromatic rings. The third kappa shape index (κ3) is 4.51. The maximum absolute atomic E-state index is 13.3. The van der Waals surface area contributed by atoms with Crippen molar-refractivity contribution in [1.29, 1.82) is 0 Å². The maximum atomic E-state index is 13.3. The monoisotopic (exact) mass is 434 g/mol. The fourth-order valence-corrected chi connectivity index (χ4v) is 4.11. The molecule has 0 fully saturated rings.